The molecular formula is C19H21N5O2S. The lowest BCUT2D eigenvalue weighted by Gasteiger charge is -2.23. The maximum Gasteiger partial charge on any atom is 0.252 e. The van der Waals surface area contributed by atoms with Gasteiger partial charge in [-0.1, -0.05) is 24.3 Å². The number of amides is 1. The van der Waals surface area contributed by atoms with E-state index in [0.717, 1.165) is 25.9 Å². The minimum absolute atomic E-state index is 0.0771. The second kappa shape index (κ2) is 8.84. The minimum Gasteiger partial charge on any atom is -0.375 e. The summed E-state index contributed by atoms with van der Waals surface area (Å²) in [5.74, 6) is 0.429. The Morgan fingerprint density at radius 2 is 1.96 bits per heavy atom. The zero-order valence-corrected chi connectivity index (χ0v) is 16.2. The average Bonchev–Trinajstić information content (AvgIpc) is 2.90. The molecule has 1 amide bonds. The lowest BCUT2D eigenvalue weighted by Crippen LogP contribution is -2.29. The molecule has 0 saturated carbocycles. The van der Waals surface area contributed by atoms with Crippen LogP contribution in [0.15, 0.2) is 29.3 Å². The molecule has 7 nitrogen and oxygen atoms in total. The molecule has 3 rings (SSSR count). The summed E-state index contributed by atoms with van der Waals surface area (Å²) in [4.78, 5) is 22.8. The second-order valence-corrected chi connectivity index (χ2v) is 6.90. The van der Waals surface area contributed by atoms with E-state index in [1.54, 1.807) is 0 Å². The highest BCUT2D eigenvalue weighted by molar-refractivity contribution is 7.98. The molecule has 0 unspecified atom stereocenters. The van der Waals surface area contributed by atoms with Crippen LogP contribution in [-0.4, -0.2) is 48.9 Å². The molecule has 1 aromatic carbocycles. The minimum atomic E-state index is -0.330. The first kappa shape index (κ1) is 19.1. The van der Waals surface area contributed by atoms with Crippen LogP contribution in [0.5, 0.6) is 0 Å². The number of benzene rings is 1. The lowest BCUT2D eigenvalue weighted by molar-refractivity contribution is -0.119. The number of aromatic nitrogens is 2. The maximum atomic E-state index is 11.9. The average molecular weight is 383 g/mol. The van der Waals surface area contributed by atoms with Crippen molar-refractivity contribution in [1.29, 1.82) is 5.26 Å². The number of anilines is 2. The van der Waals surface area contributed by atoms with Gasteiger partial charge in [-0.2, -0.15) is 10.2 Å². The number of nitrogens with one attached hydrogen (secondary N) is 1. The van der Waals surface area contributed by atoms with Gasteiger partial charge in [0, 0.05) is 20.2 Å². The molecule has 8 heteroatoms. The number of methoxy groups -OCH3 is 1. The molecule has 1 aromatic heterocycles. The third kappa shape index (κ3) is 4.38. The number of nitrogens with zero attached hydrogens (tertiary/aromatic N) is 4. The maximum absolute atomic E-state index is 11.9. The first-order valence-corrected chi connectivity index (χ1v) is 9.85. The number of thioether (sulfide) groups is 1. The SMILES string of the molecule is COCC(=O)Nc1nc(SC)c(C#N)c(N2CCc3ccccc3CC2)n1. The van der Waals surface area contributed by atoms with Crippen LogP contribution >= 0.6 is 11.8 Å². The van der Waals surface area contributed by atoms with Crippen LogP contribution in [0.3, 0.4) is 0 Å². The summed E-state index contributed by atoms with van der Waals surface area (Å²) in [6.07, 6.45) is 3.61. The smallest absolute Gasteiger partial charge is 0.252 e. The Balaban J connectivity index is 1.93. The molecule has 0 aliphatic carbocycles. The van der Waals surface area contributed by atoms with E-state index in [0.29, 0.717) is 16.4 Å². The van der Waals surface area contributed by atoms with Crippen LogP contribution in [-0.2, 0) is 22.4 Å². The number of nitriles is 1. The highest BCUT2D eigenvalue weighted by Gasteiger charge is 2.22. The molecule has 1 aliphatic rings. The van der Waals surface area contributed by atoms with Gasteiger partial charge in [0.2, 0.25) is 5.95 Å². The van der Waals surface area contributed by atoms with E-state index in [1.165, 1.54) is 30.0 Å². The van der Waals surface area contributed by atoms with E-state index >= 15 is 0 Å². The monoisotopic (exact) mass is 383 g/mol. The van der Waals surface area contributed by atoms with Crippen molar-refractivity contribution in [3.05, 3.63) is 41.0 Å². The molecule has 1 aliphatic heterocycles. The molecule has 0 spiro atoms. The Hall–Kier alpha value is -2.63. The van der Waals surface area contributed by atoms with Crippen LogP contribution in [0.25, 0.3) is 0 Å². The van der Waals surface area contributed by atoms with Crippen molar-refractivity contribution >= 4 is 29.4 Å². The molecule has 0 radical (unpaired) electrons. The molecule has 0 bridgehead atoms. The van der Waals surface area contributed by atoms with Gasteiger partial charge in [-0.25, -0.2) is 4.98 Å². The molecule has 0 fully saturated rings. The zero-order valence-electron chi connectivity index (χ0n) is 15.4. The first-order chi connectivity index (χ1) is 13.2. The summed E-state index contributed by atoms with van der Waals surface area (Å²) in [6, 6.07) is 10.6. The summed E-state index contributed by atoms with van der Waals surface area (Å²) >= 11 is 1.36. The number of hydrogen-bond donors (Lipinski definition) is 1. The number of carbonyl (C=O) groups excluding carboxylic acids is 1. The summed E-state index contributed by atoms with van der Waals surface area (Å²) in [7, 11) is 1.45. The summed E-state index contributed by atoms with van der Waals surface area (Å²) in [5.41, 5.74) is 3.09. The highest BCUT2D eigenvalue weighted by atomic mass is 32.2. The Bertz CT molecular complexity index is 854. The fourth-order valence-electron chi connectivity index (χ4n) is 3.13. The van der Waals surface area contributed by atoms with Gasteiger partial charge in [-0.15, -0.1) is 11.8 Å². The predicted molar refractivity (Wildman–Crippen MR) is 105 cm³/mol. The van der Waals surface area contributed by atoms with E-state index in [1.807, 2.05) is 6.26 Å². The molecule has 27 heavy (non-hydrogen) atoms. The van der Waals surface area contributed by atoms with Gasteiger partial charge in [0.15, 0.2) is 5.82 Å². The summed E-state index contributed by atoms with van der Waals surface area (Å²) in [6.45, 7) is 1.43. The van der Waals surface area contributed by atoms with Crippen molar-refractivity contribution in [3.63, 3.8) is 0 Å². The number of rotatable bonds is 5. The quantitative estimate of drug-likeness (QED) is 0.625. The van der Waals surface area contributed by atoms with Crippen LogP contribution in [0.2, 0.25) is 0 Å². The molecule has 1 N–H and O–H groups in total. The molecule has 140 valence electrons. The van der Waals surface area contributed by atoms with E-state index in [2.05, 4.69) is 50.5 Å². The topological polar surface area (TPSA) is 91.1 Å². The summed E-state index contributed by atoms with van der Waals surface area (Å²) in [5, 5.41) is 12.9. The van der Waals surface area contributed by atoms with Crippen molar-refractivity contribution in [1.82, 2.24) is 9.97 Å². The van der Waals surface area contributed by atoms with E-state index in [4.69, 9.17) is 4.74 Å². The van der Waals surface area contributed by atoms with Gasteiger partial charge < -0.3 is 9.64 Å². The van der Waals surface area contributed by atoms with Gasteiger partial charge in [-0.3, -0.25) is 10.1 Å². The number of carbonyl (C=O) groups is 1. The zero-order chi connectivity index (χ0) is 19.2. The number of fused-ring (bicyclic) bond motifs is 1. The van der Waals surface area contributed by atoms with Gasteiger partial charge in [0.25, 0.3) is 5.91 Å². The molecule has 0 atom stereocenters. The van der Waals surface area contributed by atoms with Crippen LogP contribution < -0.4 is 10.2 Å². The third-order valence-corrected chi connectivity index (χ3v) is 5.09. The Morgan fingerprint density at radius 3 is 2.52 bits per heavy atom. The summed E-state index contributed by atoms with van der Waals surface area (Å²) < 4.78 is 4.84. The van der Waals surface area contributed by atoms with Gasteiger partial charge in [0.05, 0.1) is 0 Å². The molecule has 2 heterocycles. The van der Waals surface area contributed by atoms with Crippen LogP contribution in [0.4, 0.5) is 11.8 Å². The van der Waals surface area contributed by atoms with Crippen molar-refractivity contribution in [2.45, 2.75) is 17.9 Å². The lowest BCUT2D eigenvalue weighted by atomic mass is 10.0. The van der Waals surface area contributed by atoms with Crippen LogP contribution in [0.1, 0.15) is 16.7 Å². The number of hydrogen-bond acceptors (Lipinski definition) is 7. The Morgan fingerprint density at radius 1 is 1.30 bits per heavy atom. The fourth-order valence-corrected chi connectivity index (χ4v) is 3.65. The van der Waals surface area contributed by atoms with Crippen molar-refractivity contribution in [2.75, 3.05) is 43.3 Å². The first-order valence-electron chi connectivity index (χ1n) is 8.63. The predicted octanol–water partition coefficient (Wildman–Crippen LogP) is 2.26. The van der Waals surface area contributed by atoms with Crippen molar-refractivity contribution in [2.24, 2.45) is 0 Å². The molecule has 2 aromatic rings. The van der Waals surface area contributed by atoms with E-state index in [-0.39, 0.29) is 18.5 Å². The standard InChI is InChI=1S/C19H21N5O2S/c1-26-12-16(25)21-19-22-17(15(11-20)18(23-19)27-2)24-9-7-13-5-3-4-6-14(13)8-10-24/h3-6H,7-10,12H2,1-2H3,(H,21,22,23,25). The fraction of sp³-hybridized carbons (Fsp3) is 0.368. The number of ether oxygens (including phenoxy) is 1. The Labute approximate surface area is 162 Å². The molecular weight excluding hydrogens is 362 g/mol. The van der Waals surface area contributed by atoms with E-state index in [9.17, 15) is 10.1 Å². The second-order valence-electron chi connectivity index (χ2n) is 6.10. The van der Waals surface area contributed by atoms with Crippen molar-refractivity contribution < 1.29 is 9.53 Å². The van der Waals surface area contributed by atoms with Gasteiger partial charge in [-0.05, 0) is 30.2 Å². The van der Waals surface area contributed by atoms with Crippen molar-refractivity contribution in [3.8, 4) is 6.07 Å². The van der Waals surface area contributed by atoms with Gasteiger partial charge in [0.1, 0.15) is 23.3 Å². The largest absolute Gasteiger partial charge is 0.375 e. The third-order valence-electron chi connectivity index (χ3n) is 4.41. The highest BCUT2D eigenvalue weighted by Crippen LogP contribution is 2.29. The molecule has 0 saturated heterocycles. The normalized spacial score (nSPS) is 13.4. The van der Waals surface area contributed by atoms with Crippen LogP contribution in [0, 0.1) is 11.3 Å². The van der Waals surface area contributed by atoms with E-state index < -0.39 is 0 Å². The van der Waals surface area contributed by atoms with Gasteiger partial charge >= 0.3 is 0 Å². The Kier molecular flexibility index (Phi) is 6.27.